The molecule has 25 heavy (non-hydrogen) atoms. The smallest absolute Gasteiger partial charge is 0.325 e. The fraction of sp³-hybridized carbons (Fsp3) is 0.385. The third-order valence-corrected chi connectivity index (χ3v) is 4.70. The van der Waals surface area contributed by atoms with Gasteiger partial charge in [0.1, 0.15) is 0 Å². The molecule has 0 radical (unpaired) electrons. The third-order valence-electron chi connectivity index (χ3n) is 2.89. The Kier molecular flexibility index (Phi) is 6.58. The summed E-state index contributed by atoms with van der Waals surface area (Å²) in [5.41, 5.74) is -0.317. The Bertz CT molecular complexity index is 844. The number of aryl methyl sites for hydroxylation is 1. The summed E-state index contributed by atoms with van der Waals surface area (Å²) in [5.74, 6) is -1.24. The Morgan fingerprint density at radius 1 is 1.28 bits per heavy atom. The zero-order valence-corrected chi connectivity index (χ0v) is 14.7. The van der Waals surface area contributed by atoms with Crippen molar-refractivity contribution in [1.82, 2.24) is 15.3 Å². The summed E-state index contributed by atoms with van der Waals surface area (Å²) in [7, 11) is 0. The highest BCUT2D eigenvalue weighted by molar-refractivity contribution is 8.15. The number of aliphatic imine (C=N–C) groups is 1. The first-order valence-corrected chi connectivity index (χ1v) is 9.09. The van der Waals surface area contributed by atoms with Crippen LogP contribution in [0.5, 0.6) is 0 Å². The Morgan fingerprint density at radius 2 is 2.04 bits per heavy atom. The van der Waals surface area contributed by atoms with E-state index in [2.05, 4.69) is 20.3 Å². The number of thioether (sulfide) groups is 2. The first kappa shape index (κ1) is 19.0. The van der Waals surface area contributed by atoms with Crippen molar-refractivity contribution in [1.29, 1.82) is 0 Å². The van der Waals surface area contributed by atoms with Gasteiger partial charge in [0.25, 0.3) is 11.5 Å². The van der Waals surface area contributed by atoms with Crippen molar-refractivity contribution in [2.75, 3.05) is 18.1 Å². The molecular weight excluding hydrogens is 372 g/mol. The number of esters is 1. The summed E-state index contributed by atoms with van der Waals surface area (Å²) in [6.45, 7) is 1.06. The van der Waals surface area contributed by atoms with Crippen molar-refractivity contribution in [3.05, 3.63) is 32.1 Å². The summed E-state index contributed by atoms with van der Waals surface area (Å²) in [5, 5.41) is 2.58. The molecule has 0 aliphatic carbocycles. The number of amides is 2. The lowest BCUT2D eigenvalue weighted by Gasteiger charge is -2.04. The van der Waals surface area contributed by atoms with Crippen LogP contribution in [0.25, 0.3) is 0 Å². The van der Waals surface area contributed by atoms with Gasteiger partial charge in [0.05, 0.1) is 11.5 Å². The number of nitrogens with zero attached hydrogens (tertiary/aromatic N) is 1. The summed E-state index contributed by atoms with van der Waals surface area (Å²) in [6.07, 6.45) is 0. The van der Waals surface area contributed by atoms with E-state index in [0.29, 0.717) is 11.3 Å². The fourth-order valence-corrected chi connectivity index (χ4v) is 3.35. The number of hydrogen-bond acceptors (Lipinski definition) is 8. The van der Waals surface area contributed by atoms with Gasteiger partial charge in [-0.05, 0) is 6.92 Å². The summed E-state index contributed by atoms with van der Waals surface area (Å²) in [6, 6.07) is 0. The molecule has 3 N–H and O–H groups in total. The number of nitrogens with one attached hydrogen (secondary N) is 3. The standard InChI is InChI=1S/C13H14N4O6S2/c1-6-7(11(21)17-12(22)14-6)3-24-5-10(20)23-2-8(18)15-13-16-9(19)4-25-13/h2-5H2,1H3,(H2,14,17,21,22)(H,15,16,18,19). The fourth-order valence-electron chi connectivity index (χ4n) is 1.75. The van der Waals surface area contributed by atoms with Crippen LogP contribution in [0.2, 0.25) is 0 Å². The maximum absolute atomic E-state index is 11.6. The average molecular weight is 386 g/mol. The lowest BCUT2D eigenvalue weighted by molar-refractivity contribution is -0.144. The number of aromatic nitrogens is 2. The zero-order valence-electron chi connectivity index (χ0n) is 13.0. The minimum Gasteiger partial charge on any atom is -0.455 e. The minimum absolute atomic E-state index is 0.0760. The predicted molar refractivity (Wildman–Crippen MR) is 92.6 cm³/mol. The van der Waals surface area contributed by atoms with Crippen molar-refractivity contribution >= 4 is 46.5 Å². The van der Waals surface area contributed by atoms with Gasteiger partial charge in [-0.15, -0.1) is 11.8 Å². The van der Waals surface area contributed by atoms with Gasteiger partial charge in [-0.25, -0.2) is 4.79 Å². The molecule has 10 nitrogen and oxygen atoms in total. The Labute approximate surface area is 149 Å². The van der Waals surface area contributed by atoms with E-state index < -0.39 is 29.7 Å². The first-order valence-electron chi connectivity index (χ1n) is 6.94. The number of hydrogen-bond donors (Lipinski definition) is 3. The molecular formula is C13H14N4O6S2. The molecule has 134 valence electrons. The number of ether oxygens (including phenoxy) is 1. The van der Waals surface area contributed by atoms with Gasteiger partial charge in [0.2, 0.25) is 5.91 Å². The van der Waals surface area contributed by atoms with Crippen molar-refractivity contribution in [2.24, 2.45) is 4.99 Å². The molecule has 1 aromatic rings. The molecule has 1 saturated heterocycles. The van der Waals surface area contributed by atoms with Gasteiger partial charge >= 0.3 is 11.7 Å². The molecule has 1 fully saturated rings. The number of amidine groups is 1. The molecule has 2 heterocycles. The molecule has 0 bridgehead atoms. The molecule has 1 aliphatic rings. The highest BCUT2D eigenvalue weighted by Crippen LogP contribution is 2.11. The quantitative estimate of drug-likeness (QED) is 0.521. The third kappa shape index (κ3) is 5.90. The Morgan fingerprint density at radius 3 is 2.68 bits per heavy atom. The van der Waals surface area contributed by atoms with E-state index in [9.17, 15) is 24.0 Å². The lowest BCUT2D eigenvalue weighted by Crippen LogP contribution is -2.26. The molecule has 0 saturated carbocycles. The molecule has 1 aliphatic heterocycles. The van der Waals surface area contributed by atoms with Crippen molar-refractivity contribution in [2.45, 2.75) is 12.7 Å². The molecule has 0 atom stereocenters. The van der Waals surface area contributed by atoms with Crippen molar-refractivity contribution < 1.29 is 19.1 Å². The van der Waals surface area contributed by atoms with Gasteiger partial charge in [-0.1, -0.05) is 11.8 Å². The predicted octanol–water partition coefficient (Wildman–Crippen LogP) is -1.11. The van der Waals surface area contributed by atoms with Gasteiger partial charge in [-0.2, -0.15) is 4.99 Å². The molecule has 0 spiro atoms. The summed E-state index contributed by atoms with van der Waals surface area (Å²) in [4.78, 5) is 64.9. The Balaban J connectivity index is 1.74. The van der Waals surface area contributed by atoms with E-state index in [1.807, 2.05) is 0 Å². The van der Waals surface area contributed by atoms with E-state index >= 15 is 0 Å². The van der Waals surface area contributed by atoms with Crippen molar-refractivity contribution in [3.8, 4) is 0 Å². The topological polar surface area (TPSA) is 151 Å². The molecule has 12 heteroatoms. The average Bonchev–Trinajstić information content (AvgIpc) is 2.92. The maximum atomic E-state index is 11.6. The number of carbonyl (C=O) groups excluding carboxylic acids is 3. The first-order chi connectivity index (χ1) is 11.8. The Hall–Kier alpha value is -2.34. The second-order valence-electron chi connectivity index (χ2n) is 4.81. The lowest BCUT2D eigenvalue weighted by atomic mass is 10.3. The van der Waals surface area contributed by atoms with Crippen LogP contribution in [-0.2, 0) is 24.9 Å². The van der Waals surface area contributed by atoms with Crippen LogP contribution in [-0.4, -0.2) is 51.0 Å². The normalized spacial score (nSPS) is 15.2. The highest BCUT2D eigenvalue weighted by atomic mass is 32.2. The molecule has 2 rings (SSSR count). The number of aromatic amines is 2. The zero-order chi connectivity index (χ0) is 18.4. The van der Waals surface area contributed by atoms with Crippen LogP contribution >= 0.6 is 23.5 Å². The van der Waals surface area contributed by atoms with E-state index in [4.69, 9.17) is 4.74 Å². The van der Waals surface area contributed by atoms with Crippen LogP contribution in [0.15, 0.2) is 14.6 Å². The van der Waals surface area contributed by atoms with Gasteiger partial charge in [-0.3, -0.25) is 24.2 Å². The SMILES string of the molecule is Cc1[nH]c(=O)[nH]c(=O)c1CSCC(=O)OCC(=O)N=C1NC(=O)CS1. The number of carbonyl (C=O) groups is 3. The minimum atomic E-state index is -0.684. The summed E-state index contributed by atoms with van der Waals surface area (Å²) < 4.78 is 4.78. The van der Waals surface area contributed by atoms with Gasteiger partial charge in [0, 0.05) is 17.0 Å². The summed E-state index contributed by atoms with van der Waals surface area (Å²) >= 11 is 2.20. The van der Waals surface area contributed by atoms with E-state index in [1.54, 1.807) is 6.92 Å². The molecule has 0 unspecified atom stereocenters. The van der Waals surface area contributed by atoms with E-state index in [0.717, 1.165) is 23.5 Å². The monoisotopic (exact) mass is 386 g/mol. The van der Waals surface area contributed by atoms with Crippen LogP contribution in [0.4, 0.5) is 0 Å². The largest absolute Gasteiger partial charge is 0.455 e. The molecule has 1 aromatic heterocycles. The highest BCUT2D eigenvalue weighted by Gasteiger charge is 2.18. The van der Waals surface area contributed by atoms with Crippen LogP contribution in [0.1, 0.15) is 11.3 Å². The van der Waals surface area contributed by atoms with E-state index in [1.165, 1.54) is 0 Å². The van der Waals surface area contributed by atoms with Gasteiger partial charge in [0.15, 0.2) is 11.8 Å². The van der Waals surface area contributed by atoms with Crippen LogP contribution in [0, 0.1) is 6.92 Å². The van der Waals surface area contributed by atoms with Crippen LogP contribution in [0.3, 0.4) is 0 Å². The van der Waals surface area contributed by atoms with E-state index in [-0.39, 0.29) is 28.3 Å². The second kappa shape index (κ2) is 8.67. The van der Waals surface area contributed by atoms with Crippen molar-refractivity contribution in [3.63, 3.8) is 0 Å². The maximum Gasteiger partial charge on any atom is 0.325 e. The molecule has 0 aromatic carbocycles. The number of H-pyrrole nitrogens is 2. The second-order valence-corrected chi connectivity index (χ2v) is 6.76. The van der Waals surface area contributed by atoms with Crippen LogP contribution < -0.4 is 16.6 Å². The van der Waals surface area contributed by atoms with Gasteiger partial charge < -0.3 is 15.0 Å². The molecule has 2 amide bonds. The number of rotatable bonds is 6.